The van der Waals surface area contributed by atoms with Gasteiger partial charge in [-0.05, 0) is 23.6 Å². The highest BCUT2D eigenvalue weighted by molar-refractivity contribution is 7.18. The molecule has 0 saturated carbocycles. The van der Waals surface area contributed by atoms with Crippen LogP contribution < -0.4 is 10.2 Å². The summed E-state index contributed by atoms with van der Waals surface area (Å²) in [5.74, 6) is -0.561. The molecule has 0 aliphatic carbocycles. The Balaban J connectivity index is 1.86. The molecule has 1 aliphatic rings. The maximum atomic E-state index is 11.7. The number of nitrogens with one attached hydrogen (secondary N) is 1. The first-order valence-electron chi connectivity index (χ1n) is 7.37. The summed E-state index contributed by atoms with van der Waals surface area (Å²) in [6.07, 6.45) is 0.774. The second-order valence-corrected chi connectivity index (χ2v) is 6.74. The van der Waals surface area contributed by atoms with E-state index in [4.69, 9.17) is 16.3 Å². The Bertz CT molecular complexity index is 806. The molecular formula is C16H16ClN3O3S. The Morgan fingerprint density at radius 3 is 2.92 bits per heavy atom. The quantitative estimate of drug-likeness (QED) is 0.846. The lowest BCUT2D eigenvalue weighted by atomic mass is 9.98. The molecule has 0 saturated heterocycles. The maximum Gasteiger partial charge on any atom is 0.351 e. The average molecular weight is 366 g/mol. The van der Waals surface area contributed by atoms with Gasteiger partial charge in [0.2, 0.25) is 5.91 Å². The number of amides is 1. The number of fused-ring (bicyclic) bond motifs is 1. The molecule has 0 radical (unpaired) electrons. The molecule has 1 aliphatic heterocycles. The van der Waals surface area contributed by atoms with Gasteiger partial charge in [0.1, 0.15) is 0 Å². The van der Waals surface area contributed by atoms with Gasteiger partial charge in [0.25, 0.3) is 0 Å². The van der Waals surface area contributed by atoms with Gasteiger partial charge >= 0.3 is 5.97 Å². The normalized spacial score (nSPS) is 13.4. The number of hydrogen-bond donors (Lipinski definition) is 1. The van der Waals surface area contributed by atoms with E-state index in [1.807, 2.05) is 18.2 Å². The first-order valence-corrected chi connectivity index (χ1v) is 8.57. The van der Waals surface area contributed by atoms with Gasteiger partial charge in [-0.1, -0.05) is 35.1 Å². The van der Waals surface area contributed by atoms with E-state index in [2.05, 4.69) is 15.2 Å². The molecular weight excluding hydrogens is 350 g/mol. The van der Waals surface area contributed by atoms with Crippen molar-refractivity contribution in [3.63, 3.8) is 0 Å². The molecule has 1 N–H and O–H groups in total. The fraction of sp³-hybridized carbons (Fsp3) is 0.312. The van der Waals surface area contributed by atoms with E-state index >= 15 is 0 Å². The van der Waals surface area contributed by atoms with Crippen molar-refractivity contribution in [1.82, 2.24) is 4.98 Å². The monoisotopic (exact) mass is 365 g/mol. The second kappa shape index (κ2) is 6.78. The molecule has 2 heterocycles. The molecule has 1 aromatic heterocycles. The molecule has 2 aromatic rings. The van der Waals surface area contributed by atoms with Crippen LogP contribution in [0.2, 0.25) is 5.15 Å². The molecule has 24 heavy (non-hydrogen) atoms. The van der Waals surface area contributed by atoms with Crippen molar-refractivity contribution in [3.8, 4) is 0 Å². The van der Waals surface area contributed by atoms with Gasteiger partial charge in [-0.2, -0.15) is 0 Å². The van der Waals surface area contributed by atoms with E-state index in [0.717, 1.165) is 29.8 Å². The molecule has 6 nitrogen and oxygen atoms in total. The predicted octanol–water partition coefficient (Wildman–Crippen LogP) is 3.10. The second-order valence-electron chi connectivity index (χ2n) is 5.40. The number of carbonyl (C=O) groups excluding carboxylic acids is 2. The number of ether oxygens (including phenoxy) is 1. The number of hydrogen-bond acceptors (Lipinski definition) is 6. The standard InChI is InChI=1S/C16H16ClN3O3S/c1-9(21)18-12-5-3-4-10-8-20(7-6-11(10)12)16-19-14(17)13(24-16)15(22)23-2/h3-5H,6-8H2,1-2H3,(H,18,21). The number of halogens is 1. The topological polar surface area (TPSA) is 71.5 Å². The summed E-state index contributed by atoms with van der Waals surface area (Å²) in [5.41, 5.74) is 3.12. The van der Waals surface area contributed by atoms with Crippen LogP contribution in [-0.4, -0.2) is 30.5 Å². The zero-order chi connectivity index (χ0) is 17.3. The van der Waals surface area contributed by atoms with Crippen molar-refractivity contribution in [2.75, 3.05) is 23.9 Å². The van der Waals surface area contributed by atoms with Crippen LogP contribution in [-0.2, 0) is 22.5 Å². The highest BCUT2D eigenvalue weighted by Crippen LogP contribution is 2.34. The van der Waals surface area contributed by atoms with Crippen LogP contribution in [0.4, 0.5) is 10.8 Å². The number of esters is 1. The lowest BCUT2D eigenvalue weighted by Crippen LogP contribution is -2.31. The van der Waals surface area contributed by atoms with Crippen LogP contribution in [0, 0.1) is 0 Å². The summed E-state index contributed by atoms with van der Waals surface area (Å²) < 4.78 is 4.72. The highest BCUT2D eigenvalue weighted by atomic mass is 35.5. The van der Waals surface area contributed by atoms with Crippen LogP contribution >= 0.6 is 22.9 Å². The van der Waals surface area contributed by atoms with Crippen molar-refractivity contribution in [2.24, 2.45) is 0 Å². The maximum absolute atomic E-state index is 11.7. The van der Waals surface area contributed by atoms with Crippen LogP contribution in [0.15, 0.2) is 18.2 Å². The van der Waals surface area contributed by atoms with E-state index < -0.39 is 5.97 Å². The summed E-state index contributed by atoms with van der Waals surface area (Å²) in [6, 6.07) is 5.86. The highest BCUT2D eigenvalue weighted by Gasteiger charge is 2.24. The molecule has 0 bridgehead atoms. The fourth-order valence-electron chi connectivity index (χ4n) is 2.72. The number of rotatable bonds is 3. The van der Waals surface area contributed by atoms with Crippen molar-refractivity contribution in [1.29, 1.82) is 0 Å². The average Bonchev–Trinajstić information content (AvgIpc) is 2.95. The lowest BCUT2D eigenvalue weighted by Gasteiger charge is -2.29. The minimum Gasteiger partial charge on any atom is -0.465 e. The molecule has 0 atom stereocenters. The molecule has 1 aromatic carbocycles. The van der Waals surface area contributed by atoms with Gasteiger partial charge in [-0.15, -0.1) is 0 Å². The number of thiazole rings is 1. The minimum absolute atomic E-state index is 0.0831. The summed E-state index contributed by atoms with van der Waals surface area (Å²) in [4.78, 5) is 29.7. The first-order chi connectivity index (χ1) is 11.5. The summed E-state index contributed by atoms with van der Waals surface area (Å²) >= 11 is 7.27. The third kappa shape index (κ3) is 3.22. The lowest BCUT2D eigenvalue weighted by molar-refractivity contribution is -0.114. The van der Waals surface area contributed by atoms with Crippen molar-refractivity contribution >= 4 is 45.6 Å². The van der Waals surface area contributed by atoms with E-state index in [1.54, 1.807) is 0 Å². The summed E-state index contributed by atoms with van der Waals surface area (Å²) in [5, 5.41) is 3.73. The minimum atomic E-state index is -0.478. The van der Waals surface area contributed by atoms with Gasteiger partial charge < -0.3 is 15.0 Å². The molecule has 0 fully saturated rings. The van der Waals surface area contributed by atoms with Gasteiger partial charge in [-0.25, -0.2) is 9.78 Å². The number of benzene rings is 1. The van der Waals surface area contributed by atoms with Crippen molar-refractivity contribution < 1.29 is 14.3 Å². The van der Waals surface area contributed by atoms with Gasteiger partial charge in [-0.3, -0.25) is 4.79 Å². The number of anilines is 2. The number of aromatic nitrogens is 1. The predicted molar refractivity (Wildman–Crippen MR) is 94.0 cm³/mol. The summed E-state index contributed by atoms with van der Waals surface area (Å²) in [6.45, 7) is 2.88. The molecule has 126 valence electrons. The van der Waals surface area contributed by atoms with Crippen LogP contribution in [0.5, 0.6) is 0 Å². The number of carbonyl (C=O) groups is 2. The van der Waals surface area contributed by atoms with Crippen LogP contribution in [0.1, 0.15) is 27.7 Å². The first kappa shape index (κ1) is 16.7. The molecule has 1 amide bonds. The Hall–Kier alpha value is -2.12. The van der Waals surface area contributed by atoms with E-state index in [0.29, 0.717) is 16.6 Å². The van der Waals surface area contributed by atoms with Gasteiger partial charge in [0.05, 0.1) is 7.11 Å². The zero-order valence-electron chi connectivity index (χ0n) is 13.3. The third-order valence-electron chi connectivity index (χ3n) is 3.79. The van der Waals surface area contributed by atoms with Crippen LogP contribution in [0.3, 0.4) is 0 Å². The zero-order valence-corrected chi connectivity index (χ0v) is 14.8. The Morgan fingerprint density at radius 1 is 1.42 bits per heavy atom. The third-order valence-corrected chi connectivity index (χ3v) is 5.27. The fourth-order valence-corrected chi connectivity index (χ4v) is 3.95. The SMILES string of the molecule is COC(=O)c1sc(N2CCc3c(cccc3NC(C)=O)C2)nc1Cl. The van der Waals surface area contributed by atoms with Crippen LogP contribution in [0.25, 0.3) is 0 Å². The Labute approximate surface area is 148 Å². The largest absolute Gasteiger partial charge is 0.465 e. The number of methoxy groups -OCH3 is 1. The molecule has 3 rings (SSSR count). The van der Waals surface area contributed by atoms with E-state index in [1.165, 1.54) is 25.4 Å². The van der Waals surface area contributed by atoms with Gasteiger partial charge in [0, 0.05) is 25.7 Å². The molecule has 8 heteroatoms. The number of nitrogens with zero attached hydrogens (tertiary/aromatic N) is 2. The van der Waals surface area contributed by atoms with E-state index in [9.17, 15) is 9.59 Å². The van der Waals surface area contributed by atoms with Crippen molar-refractivity contribution in [3.05, 3.63) is 39.4 Å². The summed E-state index contributed by atoms with van der Waals surface area (Å²) in [7, 11) is 1.32. The molecule has 0 spiro atoms. The van der Waals surface area contributed by atoms with E-state index in [-0.39, 0.29) is 11.1 Å². The Morgan fingerprint density at radius 2 is 2.21 bits per heavy atom. The van der Waals surface area contributed by atoms with Crippen molar-refractivity contribution in [2.45, 2.75) is 19.9 Å². The molecule has 0 unspecified atom stereocenters. The van der Waals surface area contributed by atoms with Gasteiger partial charge in [0.15, 0.2) is 15.2 Å². The Kier molecular flexibility index (Phi) is 4.73. The smallest absolute Gasteiger partial charge is 0.351 e.